The number of fused-ring (bicyclic) bond motifs is 12. The van der Waals surface area contributed by atoms with Gasteiger partial charge in [0.2, 0.25) is 70.9 Å². The molecule has 12 aromatic heterocycles. The van der Waals surface area contributed by atoms with Crippen molar-refractivity contribution in [1.82, 2.24) is 59.8 Å². The monoisotopic (exact) mass is 1960 g/mol. The lowest BCUT2D eigenvalue weighted by atomic mass is 9.59. The minimum atomic E-state index is -0.927. The van der Waals surface area contributed by atoms with Crippen molar-refractivity contribution >= 4 is 105 Å². The van der Waals surface area contributed by atoms with Gasteiger partial charge in [-0.05, 0) is 377 Å². The highest BCUT2D eigenvalue weighted by atomic mass is 16.2. The zero-order valence-corrected chi connectivity index (χ0v) is 79.0. The number of hydrogen-bond acceptors (Lipinski definition) is 24. The summed E-state index contributed by atoms with van der Waals surface area (Å²) in [6, 6.07) is 77.8. The number of imide groups is 6. The van der Waals surface area contributed by atoms with Gasteiger partial charge in [0.25, 0.3) is 0 Å². The standard InChI is InChI=1S/3C40H26N6O4/c2*47-37-33-34(38(48)45(37)31-19-27(23-1-9-41-10-2-23)17-28(20-31)24-3-11-42-12-4-24)36-35(33)39(49)46(40(36)50)32-21-29(25-5-13-43-14-6-25)18-30(22-32)26-7-15-44-16-8-26;47-37-33-34(38(48)45(37)31-18-27(23-3-10-41-11-4-23)16-28(19-31)24-5-12-42-13-6-24)36-35(33)39(49)46(40(36)50)32-20-29(25-7-14-43-15-8-25)17-30(21-32)26-2-1-9-44-22-26/h3*1-22,33-36H. The summed E-state index contributed by atoms with van der Waals surface area (Å²) in [6.45, 7) is 0. The minimum Gasteiger partial charge on any atom is -0.274 e. The highest BCUT2D eigenvalue weighted by Crippen LogP contribution is 2.62. The van der Waals surface area contributed by atoms with Gasteiger partial charge in [0, 0.05) is 154 Å². The van der Waals surface area contributed by atoms with Crippen molar-refractivity contribution in [3.8, 4) is 134 Å². The van der Waals surface area contributed by atoms with Crippen LogP contribution in [0, 0.1) is 71.0 Å². The summed E-state index contributed by atoms with van der Waals surface area (Å²) in [5.74, 6) is -16.8. The average Bonchev–Trinajstić information content (AvgIpc) is 1.52. The number of benzene rings is 6. The van der Waals surface area contributed by atoms with Crippen molar-refractivity contribution in [3.05, 3.63) is 404 Å². The summed E-state index contributed by atoms with van der Waals surface area (Å²) in [7, 11) is 0. The molecule has 4 unspecified atom stereocenters. The Hall–Kier alpha value is -20.0. The van der Waals surface area contributed by atoms with Crippen molar-refractivity contribution in [2.75, 3.05) is 29.4 Å². The Morgan fingerprint density at radius 1 is 0.120 bits per heavy atom. The zero-order valence-electron chi connectivity index (χ0n) is 79.0. The molecule has 6 saturated heterocycles. The molecule has 18 heterocycles. The van der Waals surface area contributed by atoms with Gasteiger partial charge in [0.05, 0.1) is 105 Å². The molecule has 3 saturated carbocycles. The van der Waals surface area contributed by atoms with E-state index < -0.39 is 142 Å². The van der Waals surface area contributed by atoms with Crippen molar-refractivity contribution in [1.29, 1.82) is 0 Å². The lowest BCUT2D eigenvalue weighted by Gasteiger charge is -2.36. The summed E-state index contributed by atoms with van der Waals surface area (Å²) in [5.41, 5.74) is 22.0. The second kappa shape index (κ2) is 37.3. The van der Waals surface area contributed by atoms with Gasteiger partial charge in [0.15, 0.2) is 0 Å². The Kier molecular flexibility index (Phi) is 22.7. The van der Waals surface area contributed by atoms with Gasteiger partial charge in [-0.2, -0.15) is 0 Å². The normalized spacial score (nSPS) is 20.9. The van der Waals surface area contributed by atoms with Crippen LogP contribution in [0.1, 0.15) is 0 Å². The van der Waals surface area contributed by atoms with Crippen molar-refractivity contribution < 1.29 is 57.5 Å². The molecule has 9 aliphatic rings. The molecule has 3 aliphatic carbocycles. The smallest absolute Gasteiger partial charge is 0.238 e. The molecule has 30 heteroatoms. The van der Waals surface area contributed by atoms with E-state index in [1.807, 2.05) is 182 Å². The summed E-state index contributed by atoms with van der Waals surface area (Å²) >= 11 is 0. The average molecular weight is 1960 g/mol. The predicted molar refractivity (Wildman–Crippen MR) is 554 cm³/mol. The van der Waals surface area contributed by atoms with Crippen LogP contribution in [0.15, 0.2) is 404 Å². The van der Waals surface area contributed by atoms with Gasteiger partial charge in [0.1, 0.15) is 0 Å². The second-order valence-corrected chi connectivity index (χ2v) is 37.8. The van der Waals surface area contributed by atoms with Crippen LogP contribution in [0.25, 0.3) is 134 Å². The van der Waals surface area contributed by atoms with Gasteiger partial charge >= 0.3 is 0 Å². The third-order valence-electron chi connectivity index (χ3n) is 29.9. The zero-order chi connectivity index (χ0) is 102. The maximum atomic E-state index is 14.2. The third kappa shape index (κ3) is 15.6. The van der Waals surface area contributed by atoms with E-state index in [-0.39, 0.29) is 0 Å². The van der Waals surface area contributed by atoms with Crippen molar-refractivity contribution in [2.45, 2.75) is 0 Å². The number of rotatable bonds is 18. The van der Waals surface area contributed by atoms with Gasteiger partial charge in [-0.25, -0.2) is 29.4 Å². The SMILES string of the molecule is O=C1C2C(C(=O)N1c1cc(-c3ccncc3)cc(-c3ccncc3)c1)C1C(=O)N(c3cc(-c4ccncc4)cc(-c4cccnc4)c3)C(=O)C21.O=C1C2C(C(=O)N1c1cc(-c3ccncc3)cc(-c3ccncc3)c1)C1C(=O)N(c3cc(-c4ccncc4)cc(-c4ccncc4)c3)C(=O)C21.O=C1C2C(C(=O)N1c1cc(-c3ccncc3)cc(-c3ccncc3)c1)C1C(=O)N(c3cc(-c4ccncc4)cc(-c4ccncc4)c3)C(=O)C21. The van der Waals surface area contributed by atoms with Crippen LogP contribution >= 0.6 is 0 Å². The molecule has 4 atom stereocenters. The maximum absolute atomic E-state index is 14.2. The molecule has 0 bridgehead atoms. The lowest BCUT2D eigenvalue weighted by molar-refractivity contribution is -0.146. The molecule has 0 N–H and O–H groups in total. The molecule has 12 amide bonds. The summed E-state index contributed by atoms with van der Waals surface area (Å²) in [5, 5.41) is 0. The molecule has 18 aromatic rings. The Balaban J connectivity index is 0.000000116. The van der Waals surface area contributed by atoms with Crippen LogP contribution in [0.4, 0.5) is 34.1 Å². The molecule has 0 spiro atoms. The van der Waals surface area contributed by atoms with Crippen LogP contribution in [-0.2, 0) is 57.5 Å². The molecule has 150 heavy (non-hydrogen) atoms. The molecule has 30 nitrogen and oxygen atoms in total. The number of pyridine rings is 12. The van der Waals surface area contributed by atoms with Gasteiger partial charge < -0.3 is 0 Å². The number of amides is 12. The highest BCUT2D eigenvalue weighted by molar-refractivity contribution is 6.36. The van der Waals surface area contributed by atoms with E-state index in [0.29, 0.717) is 34.1 Å². The second-order valence-electron chi connectivity index (χ2n) is 37.8. The molecular formula is C120H78N18O12. The molecule has 27 rings (SSSR count). The molecular weight excluding hydrogens is 1890 g/mol. The third-order valence-corrected chi connectivity index (χ3v) is 29.9. The lowest BCUT2D eigenvalue weighted by Crippen LogP contribution is -2.50. The Morgan fingerprint density at radius 2 is 0.233 bits per heavy atom. The van der Waals surface area contributed by atoms with Gasteiger partial charge in [-0.15, -0.1) is 0 Å². The Bertz CT molecular complexity index is 6810. The van der Waals surface area contributed by atoms with Gasteiger partial charge in [-0.3, -0.25) is 117 Å². The molecule has 9 fully saturated rings. The van der Waals surface area contributed by atoms with E-state index in [0.717, 1.165) is 138 Å². The largest absolute Gasteiger partial charge is 0.274 e. The van der Waals surface area contributed by atoms with Crippen LogP contribution in [0.3, 0.4) is 0 Å². The van der Waals surface area contributed by atoms with E-state index >= 15 is 0 Å². The predicted octanol–water partition coefficient (Wildman–Crippen LogP) is 17.6. The number of aromatic nitrogens is 12. The van der Waals surface area contributed by atoms with Crippen molar-refractivity contribution in [2.24, 2.45) is 71.0 Å². The van der Waals surface area contributed by atoms with Crippen molar-refractivity contribution in [3.63, 3.8) is 0 Å². The molecule has 6 aromatic carbocycles. The van der Waals surface area contributed by atoms with E-state index in [1.165, 1.54) is 24.5 Å². The fraction of sp³-hybridized carbons (Fsp3) is 0.100. The Morgan fingerprint density at radius 3 is 0.340 bits per heavy atom. The summed E-state index contributed by atoms with van der Waals surface area (Å²) < 4.78 is 0. The highest BCUT2D eigenvalue weighted by Gasteiger charge is 2.77. The molecule has 720 valence electrons. The molecule has 6 aliphatic heterocycles. The minimum absolute atomic E-state index is 0.379. The van der Waals surface area contributed by atoms with E-state index in [4.69, 9.17) is 0 Å². The van der Waals surface area contributed by atoms with Crippen LogP contribution in [0.2, 0.25) is 0 Å². The molecule has 0 radical (unpaired) electrons. The van der Waals surface area contributed by atoms with E-state index in [1.54, 1.807) is 222 Å². The fourth-order valence-corrected chi connectivity index (χ4v) is 22.9. The van der Waals surface area contributed by atoms with Crippen LogP contribution in [0.5, 0.6) is 0 Å². The van der Waals surface area contributed by atoms with E-state index in [2.05, 4.69) is 59.8 Å². The number of anilines is 6. The summed E-state index contributed by atoms with van der Waals surface area (Å²) in [4.78, 5) is 227. The Labute approximate surface area is 854 Å². The van der Waals surface area contributed by atoms with Gasteiger partial charge in [-0.1, -0.05) is 6.07 Å². The number of nitrogens with zero attached hydrogens (tertiary/aromatic N) is 18. The first kappa shape index (κ1) is 91.2. The topological polar surface area (TPSA) is 379 Å². The quantitative estimate of drug-likeness (QED) is 0.0720. The first-order valence-electron chi connectivity index (χ1n) is 48.5. The van der Waals surface area contributed by atoms with E-state index in [9.17, 15) is 57.5 Å². The number of carbonyl (C=O) groups is 12. The maximum Gasteiger partial charge on any atom is 0.238 e. The number of carbonyl (C=O) groups excluding carboxylic acids is 12. The fourth-order valence-electron chi connectivity index (χ4n) is 22.9. The van der Waals surface area contributed by atoms with Crippen LogP contribution < -0.4 is 29.4 Å². The number of hydrogen-bond donors (Lipinski definition) is 0. The first-order valence-corrected chi connectivity index (χ1v) is 48.5. The first-order chi connectivity index (χ1) is 73.4. The van der Waals surface area contributed by atoms with Crippen LogP contribution in [-0.4, -0.2) is 131 Å². The summed E-state index contributed by atoms with van der Waals surface area (Å²) in [6.07, 6.45) is 40.3.